The molecule has 0 aliphatic carbocycles. The summed E-state index contributed by atoms with van der Waals surface area (Å²) >= 11 is 5.28. The van der Waals surface area contributed by atoms with Crippen LogP contribution in [0.4, 0.5) is 11.4 Å². The van der Waals surface area contributed by atoms with Gasteiger partial charge in [0, 0.05) is 11.4 Å². The van der Waals surface area contributed by atoms with Crippen LogP contribution >= 0.6 is 12.2 Å². The molecule has 0 spiro atoms. The van der Waals surface area contributed by atoms with Crippen molar-refractivity contribution < 1.29 is 19.1 Å². The first-order valence-electron chi connectivity index (χ1n) is 8.65. The minimum atomic E-state index is -0.359. The summed E-state index contributed by atoms with van der Waals surface area (Å²) < 4.78 is 10.0. The van der Waals surface area contributed by atoms with Crippen molar-refractivity contribution in [2.24, 2.45) is 0 Å². The number of hydrogen-bond acceptors (Lipinski definition) is 5. The summed E-state index contributed by atoms with van der Waals surface area (Å²) in [7, 11) is 0. The maximum Gasteiger partial charge on any atom is 0.338 e. The largest absolute Gasteiger partial charge is 0.462 e. The Kier molecular flexibility index (Phi) is 7.76. The Hall–Kier alpha value is -2.93. The number of nitrogens with one attached hydrogen (secondary N) is 2. The van der Waals surface area contributed by atoms with E-state index in [-0.39, 0.29) is 11.9 Å². The normalized spacial score (nSPS) is 10.0. The van der Waals surface area contributed by atoms with Gasteiger partial charge >= 0.3 is 11.9 Å². The van der Waals surface area contributed by atoms with Gasteiger partial charge in [0.25, 0.3) is 0 Å². The zero-order valence-corrected chi connectivity index (χ0v) is 16.1. The Morgan fingerprint density at radius 1 is 0.815 bits per heavy atom. The van der Waals surface area contributed by atoms with Crippen LogP contribution in [0.1, 0.15) is 41.0 Å². The van der Waals surface area contributed by atoms with Gasteiger partial charge in [-0.15, -0.1) is 0 Å². The van der Waals surface area contributed by atoms with Crippen molar-refractivity contribution in [3.63, 3.8) is 0 Å². The predicted molar refractivity (Wildman–Crippen MR) is 109 cm³/mol. The lowest BCUT2D eigenvalue weighted by molar-refractivity contribution is 0.0501. The lowest BCUT2D eigenvalue weighted by Crippen LogP contribution is -2.19. The van der Waals surface area contributed by atoms with Gasteiger partial charge in [-0.2, -0.15) is 0 Å². The van der Waals surface area contributed by atoms with Gasteiger partial charge in [-0.1, -0.05) is 6.92 Å². The predicted octanol–water partition coefficient (Wildman–Crippen LogP) is 4.24. The highest BCUT2D eigenvalue weighted by Gasteiger charge is 2.08. The first-order chi connectivity index (χ1) is 13.0. The average Bonchev–Trinajstić information content (AvgIpc) is 2.67. The molecular formula is C20H22N2O4S. The number of hydrogen-bond donors (Lipinski definition) is 2. The number of thiocarbonyl (C=S) groups is 1. The Bertz CT molecular complexity index is 789. The molecule has 0 bridgehead atoms. The number of ether oxygens (including phenoxy) is 2. The molecule has 142 valence electrons. The van der Waals surface area contributed by atoms with E-state index in [2.05, 4.69) is 10.6 Å². The lowest BCUT2D eigenvalue weighted by atomic mass is 10.2. The fourth-order valence-electron chi connectivity index (χ4n) is 2.17. The Morgan fingerprint density at radius 2 is 1.26 bits per heavy atom. The molecule has 27 heavy (non-hydrogen) atoms. The van der Waals surface area contributed by atoms with E-state index in [9.17, 15) is 9.59 Å². The van der Waals surface area contributed by atoms with E-state index in [4.69, 9.17) is 21.7 Å². The Labute approximate surface area is 163 Å². The smallest absolute Gasteiger partial charge is 0.338 e. The van der Waals surface area contributed by atoms with Crippen LogP contribution in [0.3, 0.4) is 0 Å². The molecule has 0 amide bonds. The topological polar surface area (TPSA) is 76.7 Å². The Balaban J connectivity index is 1.90. The van der Waals surface area contributed by atoms with Gasteiger partial charge in [0.15, 0.2) is 5.11 Å². The van der Waals surface area contributed by atoms with Crippen molar-refractivity contribution in [2.75, 3.05) is 23.8 Å². The lowest BCUT2D eigenvalue weighted by Gasteiger charge is -2.11. The van der Waals surface area contributed by atoms with Crippen LogP contribution in [-0.2, 0) is 9.47 Å². The van der Waals surface area contributed by atoms with Gasteiger partial charge in [-0.25, -0.2) is 9.59 Å². The monoisotopic (exact) mass is 386 g/mol. The summed E-state index contributed by atoms with van der Waals surface area (Å²) in [4.78, 5) is 23.4. The van der Waals surface area contributed by atoms with E-state index in [0.717, 1.165) is 17.8 Å². The summed E-state index contributed by atoms with van der Waals surface area (Å²) in [5.41, 5.74) is 2.44. The van der Waals surface area contributed by atoms with Crippen molar-refractivity contribution in [1.29, 1.82) is 0 Å². The molecule has 0 atom stereocenters. The molecule has 0 saturated carbocycles. The zero-order valence-electron chi connectivity index (χ0n) is 15.3. The molecular weight excluding hydrogens is 364 g/mol. The van der Waals surface area contributed by atoms with Gasteiger partial charge in [-0.3, -0.25) is 0 Å². The molecule has 7 heteroatoms. The van der Waals surface area contributed by atoms with Crippen molar-refractivity contribution >= 4 is 40.6 Å². The van der Waals surface area contributed by atoms with E-state index in [1.54, 1.807) is 55.5 Å². The quantitative estimate of drug-likeness (QED) is 0.544. The van der Waals surface area contributed by atoms with Crippen LogP contribution in [0.15, 0.2) is 48.5 Å². The Morgan fingerprint density at radius 3 is 1.67 bits per heavy atom. The third-order valence-electron chi connectivity index (χ3n) is 3.47. The zero-order chi connectivity index (χ0) is 19.6. The number of anilines is 2. The highest BCUT2D eigenvalue weighted by atomic mass is 32.1. The molecule has 0 heterocycles. The number of esters is 2. The van der Waals surface area contributed by atoms with Gasteiger partial charge < -0.3 is 20.1 Å². The summed E-state index contributed by atoms with van der Waals surface area (Å²) in [6, 6.07) is 13.7. The molecule has 0 aliphatic heterocycles. The maximum atomic E-state index is 11.8. The van der Waals surface area contributed by atoms with Gasteiger partial charge in [0.2, 0.25) is 0 Å². The van der Waals surface area contributed by atoms with Gasteiger partial charge in [0.1, 0.15) is 0 Å². The number of benzene rings is 2. The molecule has 2 N–H and O–H groups in total. The standard InChI is InChI=1S/C20H22N2O4S/c1-3-13-26-19(24)15-7-11-17(12-8-15)22-20(27)21-16-9-5-14(6-10-16)18(23)25-4-2/h5-12H,3-4,13H2,1-2H3,(H2,21,22,27). The van der Waals surface area contributed by atoms with Crippen molar-refractivity contribution in [3.8, 4) is 0 Å². The van der Waals surface area contributed by atoms with Crippen LogP contribution < -0.4 is 10.6 Å². The first-order valence-corrected chi connectivity index (χ1v) is 9.06. The molecule has 0 saturated heterocycles. The first kappa shape index (κ1) is 20.4. The van der Waals surface area contributed by atoms with Crippen LogP contribution in [0.25, 0.3) is 0 Å². The number of carbonyl (C=O) groups is 2. The summed E-state index contributed by atoms with van der Waals surface area (Å²) in [6.45, 7) is 4.45. The van der Waals surface area contributed by atoms with Crippen molar-refractivity contribution in [1.82, 2.24) is 0 Å². The summed E-state index contributed by atoms with van der Waals surface area (Å²) in [5.74, 6) is -0.701. The van der Waals surface area contributed by atoms with Gasteiger partial charge in [0.05, 0.1) is 24.3 Å². The van der Waals surface area contributed by atoms with Crippen molar-refractivity contribution in [2.45, 2.75) is 20.3 Å². The van der Waals surface area contributed by atoms with E-state index in [1.165, 1.54) is 0 Å². The van der Waals surface area contributed by atoms with E-state index in [1.807, 2.05) is 6.92 Å². The molecule has 2 aromatic carbocycles. The molecule has 6 nitrogen and oxygen atoms in total. The van der Waals surface area contributed by atoms with Gasteiger partial charge in [-0.05, 0) is 74.1 Å². The second-order valence-electron chi connectivity index (χ2n) is 5.59. The molecule has 2 aromatic rings. The third kappa shape index (κ3) is 6.38. The van der Waals surface area contributed by atoms with Crippen molar-refractivity contribution in [3.05, 3.63) is 59.7 Å². The second kappa shape index (κ2) is 10.3. The summed E-state index contributed by atoms with van der Waals surface area (Å²) in [6.07, 6.45) is 0.784. The SMILES string of the molecule is CCCOC(=O)c1ccc(NC(=S)Nc2ccc(C(=O)OCC)cc2)cc1. The summed E-state index contributed by atoms with van der Waals surface area (Å²) in [5, 5.41) is 6.45. The fraction of sp³-hybridized carbons (Fsp3) is 0.250. The number of rotatable bonds is 7. The molecule has 2 rings (SSSR count). The van der Waals surface area contributed by atoms with E-state index in [0.29, 0.717) is 29.5 Å². The fourth-order valence-corrected chi connectivity index (χ4v) is 2.40. The number of carbonyl (C=O) groups excluding carboxylic acids is 2. The van der Waals surface area contributed by atoms with Crippen LogP contribution in [-0.4, -0.2) is 30.3 Å². The van der Waals surface area contributed by atoms with E-state index < -0.39 is 0 Å². The van der Waals surface area contributed by atoms with Crippen LogP contribution in [0.2, 0.25) is 0 Å². The third-order valence-corrected chi connectivity index (χ3v) is 3.67. The van der Waals surface area contributed by atoms with Crippen LogP contribution in [0, 0.1) is 0 Å². The minimum absolute atomic E-state index is 0.335. The molecule has 0 fully saturated rings. The average molecular weight is 386 g/mol. The van der Waals surface area contributed by atoms with Crippen LogP contribution in [0.5, 0.6) is 0 Å². The molecule has 0 radical (unpaired) electrons. The molecule has 0 unspecified atom stereocenters. The highest BCUT2D eigenvalue weighted by molar-refractivity contribution is 7.80. The minimum Gasteiger partial charge on any atom is -0.462 e. The molecule has 0 aromatic heterocycles. The maximum absolute atomic E-state index is 11.8. The second-order valence-corrected chi connectivity index (χ2v) is 6.00. The van der Waals surface area contributed by atoms with E-state index >= 15 is 0 Å². The molecule has 0 aliphatic rings. The highest BCUT2D eigenvalue weighted by Crippen LogP contribution is 2.14.